The number of rotatable bonds is 0. The Hall–Kier alpha value is -1.84. The Bertz CT molecular complexity index is 545. The summed E-state index contributed by atoms with van der Waals surface area (Å²) in [6, 6.07) is 2.03. The van der Waals surface area contributed by atoms with Crippen LogP contribution in [0.2, 0.25) is 0 Å². The van der Waals surface area contributed by atoms with Crippen molar-refractivity contribution in [3.8, 4) is 11.3 Å². The molecule has 1 aliphatic carbocycles. The molecule has 1 aliphatic rings. The molecule has 0 spiro atoms. The van der Waals surface area contributed by atoms with Crippen LogP contribution < -0.4 is 5.73 Å². The number of furan rings is 1. The molecule has 0 amide bonds. The molecule has 0 saturated carbocycles. The smallest absolute Gasteiger partial charge is 0.220 e. The lowest BCUT2D eigenvalue weighted by Crippen LogP contribution is -1.99. The van der Waals surface area contributed by atoms with Gasteiger partial charge < -0.3 is 10.2 Å². The molecule has 82 valence electrons. The molecule has 4 nitrogen and oxygen atoms in total. The minimum atomic E-state index is 0.324. The molecule has 0 radical (unpaired) electrons. The Morgan fingerprint density at radius 1 is 1.38 bits per heavy atom. The van der Waals surface area contributed by atoms with Crippen LogP contribution in [0.15, 0.2) is 16.7 Å². The maximum atomic E-state index is 5.68. The van der Waals surface area contributed by atoms with Crippen molar-refractivity contribution in [3.05, 3.63) is 29.3 Å². The first kappa shape index (κ1) is 9.39. The summed E-state index contributed by atoms with van der Waals surface area (Å²) >= 11 is 0. The molecular formula is C12H13N3O. The SMILES string of the molecule is Cc1cc2c(o1)CCCc1cnc(N)nc1-2. The van der Waals surface area contributed by atoms with E-state index < -0.39 is 0 Å². The number of aromatic nitrogens is 2. The minimum Gasteiger partial charge on any atom is -0.466 e. The number of nitrogens with two attached hydrogens (primary N) is 1. The van der Waals surface area contributed by atoms with Crippen molar-refractivity contribution in [2.24, 2.45) is 0 Å². The van der Waals surface area contributed by atoms with Crippen LogP contribution in [0.3, 0.4) is 0 Å². The highest BCUT2D eigenvalue weighted by molar-refractivity contribution is 5.67. The highest BCUT2D eigenvalue weighted by Crippen LogP contribution is 2.33. The van der Waals surface area contributed by atoms with Crippen molar-refractivity contribution in [2.75, 3.05) is 5.73 Å². The predicted molar refractivity (Wildman–Crippen MR) is 60.9 cm³/mol. The van der Waals surface area contributed by atoms with E-state index in [1.165, 1.54) is 0 Å². The molecule has 0 saturated heterocycles. The zero-order valence-electron chi connectivity index (χ0n) is 9.16. The van der Waals surface area contributed by atoms with Gasteiger partial charge in [0.05, 0.1) is 5.69 Å². The number of hydrogen-bond acceptors (Lipinski definition) is 4. The highest BCUT2D eigenvalue weighted by atomic mass is 16.3. The fraction of sp³-hybridized carbons (Fsp3) is 0.333. The molecule has 0 bridgehead atoms. The van der Waals surface area contributed by atoms with Gasteiger partial charge >= 0.3 is 0 Å². The number of nitrogen functional groups attached to an aromatic ring is 1. The first-order chi connectivity index (χ1) is 7.74. The third kappa shape index (κ3) is 1.38. The maximum absolute atomic E-state index is 5.68. The summed E-state index contributed by atoms with van der Waals surface area (Å²) in [4.78, 5) is 8.38. The third-order valence-electron chi connectivity index (χ3n) is 2.92. The van der Waals surface area contributed by atoms with Gasteiger partial charge in [0.1, 0.15) is 11.5 Å². The zero-order chi connectivity index (χ0) is 11.1. The van der Waals surface area contributed by atoms with E-state index in [2.05, 4.69) is 9.97 Å². The second kappa shape index (κ2) is 3.33. The van der Waals surface area contributed by atoms with Gasteiger partial charge in [-0.2, -0.15) is 0 Å². The molecule has 0 unspecified atom stereocenters. The molecule has 0 fully saturated rings. The van der Waals surface area contributed by atoms with Gasteiger partial charge in [0.15, 0.2) is 0 Å². The van der Waals surface area contributed by atoms with E-state index in [-0.39, 0.29) is 0 Å². The highest BCUT2D eigenvalue weighted by Gasteiger charge is 2.19. The van der Waals surface area contributed by atoms with Crippen molar-refractivity contribution >= 4 is 5.95 Å². The van der Waals surface area contributed by atoms with Crippen LogP contribution >= 0.6 is 0 Å². The van der Waals surface area contributed by atoms with Gasteiger partial charge in [0.2, 0.25) is 5.95 Å². The standard InChI is InChI=1S/C12H13N3O/c1-7-5-9-10(16-7)4-2-3-8-6-14-12(13)15-11(8)9/h5-6H,2-4H2,1H3,(H2,13,14,15). The lowest BCUT2D eigenvalue weighted by atomic mass is 10.1. The lowest BCUT2D eigenvalue weighted by molar-refractivity contribution is 0.480. The van der Waals surface area contributed by atoms with Crippen LogP contribution in [-0.2, 0) is 12.8 Å². The average molecular weight is 215 g/mol. The van der Waals surface area contributed by atoms with E-state index in [1.807, 2.05) is 19.2 Å². The molecule has 2 N–H and O–H groups in total. The van der Waals surface area contributed by atoms with Gasteiger partial charge in [-0.05, 0) is 31.4 Å². The van der Waals surface area contributed by atoms with Gasteiger partial charge in [-0.3, -0.25) is 0 Å². The van der Waals surface area contributed by atoms with E-state index in [1.54, 1.807) is 0 Å². The molecule has 2 aromatic heterocycles. The second-order valence-corrected chi connectivity index (χ2v) is 4.15. The Morgan fingerprint density at radius 2 is 2.25 bits per heavy atom. The fourth-order valence-electron chi connectivity index (χ4n) is 2.22. The number of aryl methyl sites for hydroxylation is 3. The van der Waals surface area contributed by atoms with E-state index in [0.717, 1.165) is 47.6 Å². The second-order valence-electron chi connectivity index (χ2n) is 4.15. The van der Waals surface area contributed by atoms with E-state index in [4.69, 9.17) is 10.2 Å². The van der Waals surface area contributed by atoms with E-state index in [9.17, 15) is 0 Å². The Balaban J connectivity index is 2.27. The quantitative estimate of drug-likeness (QED) is 0.731. The monoisotopic (exact) mass is 215 g/mol. The number of anilines is 1. The maximum Gasteiger partial charge on any atom is 0.220 e. The van der Waals surface area contributed by atoms with Crippen LogP contribution in [0.1, 0.15) is 23.5 Å². The molecular weight excluding hydrogens is 202 g/mol. The van der Waals surface area contributed by atoms with E-state index in [0.29, 0.717) is 5.95 Å². The summed E-state index contributed by atoms with van der Waals surface area (Å²) in [5, 5.41) is 0. The van der Waals surface area contributed by atoms with Gasteiger partial charge in [-0.15, -0.1) is 0 Å². The number of nitrogens with zero attached hydrogens (tertiary/aromatic N) is 2. The van der Waals surface area contributed by atoms with Crippen LogP contribution in [0.25, 0.3) is 11.3 Å². The zero-order valence-corrected chi connectivity index (χ0v) is 9.16. The fourth-order valence-corrected chi connectivity index (χ4v) is 2.22. The molecule has 2 aromatic rings. The van der Waals surface area contributed by atoms with Crippen molar-refractivity contribution in [3.63, 3.8) is 0 Å². The normalized spacial score (nSPS) is 14.1. The van der Waals surface area contributed by atoms with Crippen molar-refractivity contribution in [1.82, 2.24) is 9.97 Å². The van der Waals surface area contributed by atoms with Crippen LogP contribution in [-0.4, -0.2) is 9.97 Å². The largest absolute Gasteiger partial charge is 0.466 e. The van der Waals surface area contributed by atoms with Crippen LogP contribution in [0, 0.1) is 6.92 Å². The van der Waals surface area contributed by atoms with E-state index >= 15 is 0 Å². The van der Waals surface area contributed by atoms with Crippen molar-refractivity contribution in [2.45, 2.75) is 26.2 Å². The first-order valence-corrected chi connectivity index (χ1v) is 5.45. The molecule has 0 aromatic carbocycles. The molecule has 2 heterocycles. The molecule has 16 heavy (non-hydrogen) atoms. The summed E-state index contributed by atoms with van der Waals surface area (Å²) in [5.41, 5.74) is 8.83. The average Bonchev–Trinajstić information content (AvgIpc) is 2.54. The summed E-state index contributed by atoms with van der Waals surface area (Å²) in [6.07, 6.45) is 4.84. The predicted octanol–water partition coefficient (Wildman–Crippen LogP) is 2.12. The Kier molecular flexibility index (Phi) is 1.96. The van der Waals surface area contributed by atoms with Gasteiger partial charge in [-0.1, -0.05) is 0 Å². The molecule has 0 atom stereocenters. The lowest BCUT2D eigenvalue weighted by Gasteiger charge is -2.03. The summed E-state index contributed by atoms with van der Waals surface area (Å²) < 4.78 is 5.68. The first-order valence-electron chi connectivity index (χ1n) is 5.45. The summed E-state index contributed by atoms with van der Waals surface area (Å²) in [6.45, 7) is 1.96. The molecule has 3 rings (SSSR count). The van der Waals surface area contributed by atoms with Crippen molar-refractivity contribution in [1.29, 1.82) is 0 Å². The van der Waals surface area contributed by atoms with Crippen molar-refractivity contribution < 1.29 is 4.42 Å². The van der Waals surface area contributed by atoms with Gasteiger partial charge in [0.25, 0.3) is 0 Å². The Labute approximate surface area is 93.5 Å². The van der Waals surface area contributed by atoms with Gasteiger partial charge in [-0.25, -0.2) is 9.97 Å². The summed E-state index contributed by atoms with van der Waals surface area (Å²) in [7, 11) is 0. The number of fused-ring (bicyclic) bond motifs is 3. The summed E-state index contributed by atoms with van der Waals surface area (Å²) in [5.74, 6) is 2.27. The third-order valence-corrected chi connectivity index (χ3v) is 2.92. The molecule has 0 aliphatic heterocycles. The van der Waals surface area contributed by atoms with Crippen LogP contribution in [0.5, 0.6) is 0 Å². The topological polar surface area (TPSA) is 64.9 Å². The number of hydrogen-bond donors (Lipinski definition) is 1. The Morgan fingerprint density at radius 3 is 3.12 bits per heavy atom. The van der Waals surface area contributed by atoms with Gasteiger partial charge in [0, 0.05) is 18.2 Å². The van der Waals surface area contributed by atoms with Crippen LogP contribution in [0.4, 0.5) is 5.95 Å². The molecule has 4 heteroatoms. The minimum absolute atomic E-state index is 0.324.